The number of rotatable bonds is 6. The fourth-order valence-electron chi connectivity index (χ4n) is 3.74. The number of fused-ring (bicyclic) bond motifs is 1. The molecule has 1 aromatic carbocycles. The Morgan fingerprint density at radius 3 is 2.65 bits per heavy atom. The lowest BCUT2D eigenvalue weighted by Crippen LogP contribution is -2.35. The number of hydrazone groups is 1. The molecule has 1 amide bonds. The number of thioether (sulfide) groups is 1. The van der Waals surface area contributed by atoms with Crippen molar-refractivity contribution in [3.05, 3.63) is 57.9 Å². The van der Waals surface area contributed by atoms with Crippen LogP contribution in [0.3, 0.4) is 0 Å². The smallest absolute Gasteiger partial charge is 0.283 e. The van der Waals surface area contributed by atoms with Crippen molar-refractivity contribution >= 4 is 51.4 Å². The minimum Gasteiger partial charge on any atom is -0.318 e. The number of aryl methyl sites for hydroxylation is 1. The summed E-state index contributed by atoms with van der Waals surface area (Å²) in [5.74, 6) is -0.325. The topological polar surface area (TPSA) is 73.8 Å². The molecule has 0 unspecified atom stereocenters. The molecule has 2 aliphatic heterocycles. The molecule has 1 aromatic heterocycles. The third-order valence-electron chi connectivity index (χ3n) is 5.35. The highest BCUT2D eigenvalue weighted by Crippen LogP contribution is 2.31. The van der Waals surface area contributed by atoms with Crippen LogP contribution in [0.2, 0.25) is 5.02 Å². The molecule has 6 nitrogen and oxygen atoms in total. The third kappa shape index (κ3) is 4.25. The highest BCUT2D eigenvalue weighted by Gasteiger charge is 2.35. The molecule has 3 heterocycles. The van der Waals surface area contributed by atoms with Gasteiger partial charge in [-0.25, -0.2) is 0 Å². The standard InChI is InChI=1S/C23H24ClN5OS/c1-4-5-6-7-20-27-29-21(25)19(22(30)26-23(29)31-20)13-16-12-14(2)28(15(16)3)18-10-8-17(24)9-11-18/h8-13,25H,4-7H2,1-3H3/b19-13-,25-21?. The van der Waals surface area contributed by atoms with Crippen molar-refractivity contribution in [1.29, 1.82) is 5.41 Å². The van der Waals surface area contributed by atoms with E-state index in [0.29, 0.717) is 10.2 Å². The molecule has 0 fully saturated rings. The summed E-state index contributed by atoms with van der Waals surface area (Å²) in [5, 5.41) is 16.7. The van der Waals surface area contributed by atoms with E-state index < -0.39 is 5.91 Å². The first-order valence-electron chi connectivity index (χ1n) is 10.3. The van der Waals surface area contributed by atoms with Crippen molar-refractivity contribution in [2.24, 2.45) is 10.1 Å². The van der Waals surface area contributed by atoms with Crippen LogP contribution in [0.5, 0.6) is 0 Å². The lowest BCUT2D eigenvalue weighted by Gasteiger charge is -2.20. The van der Waals surface area contributed by atoms with Crippen molar-refractivity contribution in [1.82, 2.24) is 9.58 Å². The van der Waals surface area contributed by atoms with E-state index in [4.69, 9.17) is 17.0 Å². The van der Waals surface area contributed by atoms with E-state index in [0.717, 1.165) is 53.4 Å². The number of unbranched alkanes of at least 4 members (excludes halogenated alkanes) is 2. The average Bonchev–Trinajstić information content (AvgIpc) is 3.26. The van der Waals surface area contributed by atoms with Crippen LogP contribution in [-0.4, -0.2) is 31.5 Å². The van der Waals surface area contributed by atoms with Crippen LogP contribution in [0, 0.1) is 19.3 Å². The lowest BCUT2D eigenvalue weighted by molar-refractivity contribution is -0.114. The maximum absolute atomic E-state index is 12.7. The number of aromatic nitrogens is 1. The van der Waals surface area contributed by atoms with Gasteiger partial charge in [-0.15, -0.1) is 0 Å². The van der Waals surface area contributed by atoms with Gasteiger partial charge < -0.3 is 4.57 Å². The molecule has 8 heteroatoms. The van der Waals surface area contributed by atoms with Gasteiger partial charge >= 0.3 is 0 Å². The zero-order valence-corrected chi connectivity index (χ0v) is 19.3. The Balaban J connectivity index is 1.64. The predicted octanol–water partition coefficient (Wildman–Crippen LogP) is 5.95. The summed E-state index contributed by atoms with van der Waals surface area (Å²) >= 11 is 7.42. The predicted molar refractivity (Wildman–Crippen MR) is 129 cm³/mol. The molecule has 2 aliphatic rings. The second kappa shape index (κ2) is 8.85. The second-order valence-electron chi connectivity index (χ2n) is 7.61. The zero-order chi connectivity index (χ0) is 22.1. The molecule has 4 rings (SSSR count). The largest absolute Gasteiger partial charge is 0.318 e. The summed E-state index contributed by atoms with van der Waals surface area (Å²) in [7, 11) is 0. The first-order valence-corrected chi connectivity index (χ1v) is 11.5. The first-order chi connectivity index (χ1) is 14.9. The fourth-order valence-corrected chi connectivity index (χ4v) is 4.79. The van der Waals surface area contributed by atoms with Gasteiger partial charge in [-0.3, -0.25) is 10.2 Å². The minimum atomic E-state index is -0.398. The average molecular weight is 454 g/mol. The Bertz CT molecular complexity index is 1140. The van der Waals surface area contributed by atoms with E-state index in [-0.39, 0.29) is 11.4 Å². The van der Waals surface area contributed by atoms with Gasteiger partial charge in [-0.05, 0) is 80.4 Å². The van der Waals surface area contributed by atoms with E-state index in [1.807, 2.05) is 44.2 Å². The maximum atomic E-state index is 12.7. The number of nitrogens with zero attached hydrogens (tertiary/aromatic N) is 4. The molecular weight excluding hydrogens is 430 g/mol. The minimum absolute atomic E-state index is 0.0734. The SMILES string of the molecule is CCCCCC1=NN2C(=N)/C(=C/c3cc(C)n(-c4ccc(Cl)cc4)c3C)C(=O)N=C2S1. The van der Waals surface area contributed by atoms with Crippen molar-refractivity contribution < 1.29 is 4.79 Å². The fraction of sp³-hybridized carbons (Fsp3) is 0.304. The maximum Gasteiger partial charge on any atom is 0.283 e. The zero-order valence-electron chi connectivity index (χ0n) is 17.8. The molecule has 0 radical (unpaired) electrons. The van der Waals surface area contributed by atoms with Gasteiger partial charge in [0.2, 0.25) is 5.17 Å². The van der Waals surface area contributed by atoms with E-state index in [1.165, 1.54) is 16.8 Å². The Labute approximate surface area is 191 Å². The van der Waals surface area contributed by atoms with Crippen molar-refractivity contribution in [2.75, 3.05) is 0 Å². The van der Waals surface area contributed by atoms with Gasteiger partial charge in [0, 0.05) is 22.1 Å². The van der Waals surface area contributed by atoms with Gasteiger partial charge in [-0.2, -0.15) is 15.1 Å². The highest BCUT2D eigenvalue weighted by molar-refractivity contribution is 8.26. The number of benzene rings is 1. The van der Waals surface area contributed by atoms with E-state index >= 15 is 0 Å². The first kappa shape index (κ1) is 21.6. The Hall–Kier alpha value is -2.64. The number of halogens is 1. The van der Waals surface area contributed by atoms with E-state index in [9.17, 15) is 4.79 Å². The summed E-state index contributed by atoms with van der Waals surface area (Å²) in [4.78, 5) is 16.9. The van der Waals surface area contributed by atoms with Crippen LogP contribution in [0.4, 0.5) is 0 Å². The normalized spacial score (nSPS) is 17.3. The van der Waals surface area contributed by atoms with Crippen molar-refractivity contribution in [3.63, 3.8) is 0 Å². The summed E-state index contributed by atoms with van der Waals surface area (Å²) < 4.78 is 2.10. The van der Waals surface area contributed by atoms with Gasteiger partial charge in [0.05, 0.1) is 5.57 Å². The molecule has 0 aliphatic carbocycles. The second-order valence-corrected chi connectivity index (χ2v) is 9.09. The van der Waals surface area contributed by atoms with E-state index in [2.05, 4.69) is 21.6 Å². The van der Waals surface area contributed by atoms with Gasteiger partial charge in [0.1, 0.15) is 5.04 Å². The molecule has 160 valence electrons. The van der Waals surface area contributed by atoms with Crippen LogP contribution in [-0.2, 0) is 4.79 Å². The van der Waals surface area contributed by atoms with Crippen molar-refractivity contribution in [3.8, 4) is 5.69 Å². The highest BCUT2D eigenvalue weighted by atomic mass is 35.5. The van der Waals surface area contributed by atoms with Crippen LogP contribution >= 0.6 is 23.4 Å². The summed E-state index contributed by atoms with van der Waals surface area (Å²) in [6.45, 7) is 6.17. The van der Waals surface area contributed by atoms with Crippen LogP contribution in [0.15, 0.2) is 46.0 Å². The summed E-state index contributed by atoms with van der Waals surface area (Å²) in [6.07, 6.45) is 5.91. The number of carbonyl (C=O) groups is 1. The molecule has 0 saturated heterocycles. The van der Waals surface area contributed by atoms with Gasteiger partial charge in [-0.1, -0.05) is 31.4 Å². The molecule has 0 saturated carbocycles. The molecule has 2 aromatic rings. The summed E-state index contributed by atoms with van der Waals surface area (Å²) in [5.41, 5.74) is 4.12. The molecule has 0 atom stereocenters. The lowest BCUT2D eigenvalue weighted by atomic mass is 10.1. The number of amides is 1. The molecule has 0 bridgehead atoms. The number of amidine groups is 2. The molecule has 0 spiro atoms. The Morgan fingerprint density at radius 2 is 1.94 bits per heavy atom. The number of hydrogen-bond acceptors (Lipinski definition) is 4. The van der Waals surface area contributed by atoms with Crippen molar-refractivity contribution in [2.45, 2.75) is 46.5 Å². The number of aliphatic imine (C=N–C) groups is 1. The quantitative estimate of drug-likeness (QED) is 0.434. The van der Waals surface area contributed by atoms with Crippen LogP contribution in [0.1, 0.15) is 49.6 Å². The molecular formula is C23H24ClN5OS. The Morgan fingerprint density at radius 1 is 1.19 bits per heavy atom. The third-order valence-corrected chi connectivity index (χ3v) is 6.57. The number of nitrogens with one attached hydrogen (secondary N) is 1. The van der Waals surface area contributed by atoms with Gasteiger partial charge in [0.25, 0.3) is 5.91 Å². The molecule has 31 heavy (non-hydrogen) atoms. The van der Waals surface area contributed by atoms with E-state index in [1.54, 1.807) is 6.08 Å². The van der Waals surface area contributed by atoms with Gasteiger partial charge in [0.15, 0.2) is 5.84 Å². The molecule has 1 N–H and O–H groups in total. The van der Waals surface area contributed by atoms with Crippen LogP contribution < -0.4 is 0 Å². The number of carbonyl (C=O) groups excluding carboxylic acids is 1. The Kier molecular flexibility index (Phi) is 6.16. The van der Waals surface area contributed by atoms with Crippen LogP contribution in [0.25, 0.3) is 11.8 Å². The summed E-state index contributed by atoms with van der Waals surface area (Å²) in [6, 6.07) is 9.63. The monoisotopic (exact) mass is 453 g/mol. The number of hydrogen-bond donors (Lipinski definition) is 1.